The van der Waals surface area contributed by atoms with Crippen LogP contribution < -0.4 is 0 Å². The molecule has 3 aromatic heterocycles. The average Bonchev–Trinajstić information content (AvgIpc) is 3.48. The molecule has 0 atom stereocenters. The van der Waals surface area contributed by atoms with Crippen molar-refractivity contribution in [2.24, 2.45) is 0 Å². The van der Waals surface area contributed by atoms with Gasteiger partial charge in [-0.25, -0.2) is 0 Å². The lowest BCUT2D eigenvalue weighted by Crippen LogP contribution is -1.96. The van der Waals surface area contributed by atoms with Crippen molar-refractivity contribution in [2.45, 2.75) is 13.3 Å². The molecule has 0 fully saturated rings. The number of benzene rings is 4. The summed E-state index contributed by atoms with van der Waals surface area (Å²) in [4.78, 5) is 0. The normalized spacial score (nSPS) is 11.8. The molecule has 0 radical (unpaired) electrons. The van der Waals surface area contributed by atoms with Gasteiger partial charge in [-0.05, 0) is 53.8 Å². The van der Waals surface area contributed by atoms with E-state index in [1.807, 2.05) is 0 Å². The van der Waals surface area contributed by atoms with Gasteiger partial charge in [0.2, 0.25) is 0 Å². The van der Waals surface area contributed by atoms with Crippen LogP contribution in [0.3, 0.4) is 0 Å². The molecule has 0 saturated heterocycles. The number of fused-ring (bicyclic) bond motifs is 6. The van der Waals surface area contributed by atoms with Crippen molar-refractivity contribution < 1.29 is 0 Å². The first-order valence-corrected chi connectivity index (χ1v) is 11.7. The van der Waals surface area contributed by atoms with E-state index < -0.39 is 0 Å². The molecular weight excluding hydrogens is 416 g/mol. The van der Waals surface area contributed by atoms with E-state index in [1.165, 1.54) is 32.8 Å². The number of hydrogen-bond acceptors (Lipinski definition) is 2. The molecule has 0 N–H and O–H groups in total. The lowest BCUT2D eigenvalue weighted by Gasteiger charge is -2.10. The Kier molecular flexibility index (Phi) is 4.09. The van der Waals surface area contributed by atoms with Gasteiger partial charge in [0.05, 0.1) is 11.0 Å². The number of aromatic nitrogens is 4. The molecule has 34 heavy (non-hydrogen) atoms. The van der Waals surface area contributed by atoms with Crippen molar-refractivity contribution in [1.82, 2.24) is 19.2 Å². The maximum Gasteiger partial charge on any atom is 0.168 e. The van der Waals surface area contributed by atoms with Crippen LogP contribution in [-0.2, 0) is 6.42 Å². The van der Waals surface area contributed by atoms with Crippen LogP contribution in [0.4, 0.5) is 0 Å². The van der Waals surface area contributed by atoms with Crippen LogP contribution in [0.2, 0.25) is 0 Å². The van der Waals surface area contributed by atoms with Gasteiger partial charge in [-0.15, -0.1) is 10.2 Å². The minimum Gasteiger partial charge on any atom is -0.309 e. The first-order chi connectivity index (χ1) is 16.8. The van der Waals surface area contributed by atoms with Gasteiger partial charge in [0.1, 0.15) is 0 Å². The van der Waals surface area contributed by atoms with Crippen molar-refractivity contribution >= 4 is 38.2 Å². The van der Waals surface area contributed by atoms with Gasteiger partial charge >= 0.3 is 0 Å². The highest BCUT2D eigenvalue weighted by atomic mass is 15.2. The second kappa shape index (κ2) is 7.29. The van der Waals surface area contributed by atoms with E-state index in [0.29, 0.717) is 0 Å². The Hall–Kier alpha value is -4.44. The molecule has 4 aromatic carbocycles. The predicted molar refractivity (Wildman–Crippen MR) is 140 cm³/mol. The molecule has 0 unspecified atom stereocenters. The van der Waals surface area contributed by atoms with Crippen LogP contribution >= 0.6 is 0 Å². The number of nitrogens with zero attached hydrogens (tertiary/aromatic N) is 4. The Morgan fingerprint density at radius 3 is 1.85 bits per heavy atom. The summed E-state index contributed by atoms with van der Waals surface area (Å²) in [7, 11) is 0. The highest BCUT2D eigenvalue weighted by Crippen LogP contribution is 2.33. The second-order valence-corrected chi connectivity index (χ2v) is 8.69. The zero-order valence-corrected chi connectivity index (χ0v) is 18.8. The molecule has 0 saturated carbocycles. The number of hydrogen-bond donors (Lipinski definition) is 0. The molecule has 7 rings (SSSR count). The minimum absolute atomic E-state index is 0.865. The predicted octanol–water partition coefficient (Wildman–Crippen LogP) is 7.21. The SMILES string of the molecule is CCc1cn2c(-c3ccc(-n4c5ccccc5c5ccccc54)cc3)nnc2c2ccccc12. The lowest BCUT2D eigenvalue weighted by atomic mass is 10.1. The lowest BCUT2D eigenvalue weighted by molar-refractivity contribution is 1.08. The molecule has 0 bridgehead atoms. The van der Waals surface area contributed by atoms with Crippen molar-refractivity contribution in [1.29, 1.82) is 0 Å². The van der Waals surface area contributed by atoms with Crippen molar-refractivity contribution in [3.05, 3.63) is 109 Å². The first-order valence-electron chi connectivity index (χ1n) is 11.7. The molecule has 7 aromatic rings. The Balaban J connectivity index is 1.40. The van der Waals surface area contributed by atoms with Gasteiger partial charge in [-0.3, -0.25) is 4.40 Å². The van der Waals surface area contributed by atoms with Gasteiger partial charge in [0, 0.05) is 33.6 Å². The van der Waals surface area contributed by atoms with E-state index in [-0.39, 0.29) is 0 Å². The number of para-hydroxylation sites is 2. The monoisotopic (exact) mass is 438 g/mol. The van der Waals surface area contributed by atoms with E-state index in [4.69, 9.17) is 0 Å². The van der Waals surface area contributed by atoms with Crippen LogP contribution in [0.5, 0.6) is 0 Å². The van der Waals surface area contributed by atoms with E-state index in [2.05, 4.69) is 129 Å². The summed E-state index contributed by atoms with van der Waals surface area (Å²) in [5.41, 5.74) is 6.80. The summed E-state index contributed by atoms with van der Waals surface area (Å²) in [6, 6.07) is 34.3. The van der Waals surface area contributed by atoms with Crippen LogP contribution in [0, 0.1) is 0 Å². The Bertz CT molecular complexity index is 1780. The molecule has 0 aliphatic heterocycles. The summed E-state index contributed by atoms with van der Waals surface area (Å²) in [5.74, 6) is 0.865. The molecule has 3 heterocycles. The molecule has 0 amide bonds. The molecule has 4 heteroatoms. The zero-order valence-electron chi connectivity index (χ0n) is 18.8. The largest absolute Gasteiger partial charge is 0.309 e. The quantitative estimate of drug-likeness (QED) is 0.292. The third-order valence-electron chi connectivity index (χ3n) is 6.84. The summed E-state index contributed by atoms with van der Waals surface area (Å²) in [6.07, 6.45) is 3.15. The molecule has 0 spiro atoms. The second-order valence-electron chi connectivity index (χ2n) is 8.69. The van der Waals surface area contributed by atoms with Crippen LogP contribution in [0.15, 0.2) is 103 Å². The van der Waals surface area contributed by atoms with Gasteiger partial charge in [-0.1, -0.05) is 67.6 Å². The minimum atomic E-state index is 0.865. The topological polar surface area (TPSA) is 35.1 Å². The van der Waals surface area contributed by atoms with Crippen molar-refractivity contribution in [3.63, 3.8) is 0 Å². The van der Waals surface area contributed by atoms with E-state index >= 15 is 0 Å². The molecule has 0 aliphatic rings. The summed E-state index contributed by atoms with van der Waals surface area (Å²) in [5, 5.41) is 14.1. The molecule has 162 valence electrons. The fraction of sp³-hybridized carbons (Fsp3) is 0.0667. The number of aryl methyl sites for hydroxylation is 1. The van der Waals surface area contributed by atoms with Crippen molar-refractivity contribution in [3.8, 4) is 17.1 Å². The maximum absolute atomic E-state index is 4.59. The Morgan fingerprint density at radius 2 is 1.21 bits per heavy atom. The van der Waals surface area contributed by atoms with Gasteiger partial charge in [-0.2, -0.15) is 0 Å². The molecule has 4 nitrogen and oxygen atoms in total. The van der Waals surface area contributed by atoms with Crippen molar-refractivity contribution in [2.75, 3.05) is 0 Å². The van der Waals surface area contributed by atoms with E-state index in [9.17, 15) is 0 Å². The fourth-order valence-corrected chi connectivity index (χ4v) is 5.22. The first kappa shape index (κ1) is 19.1. The smallest absolute Gasteiger partial charge is 0.168 e. The summed E-state index contributed by atoms with van der Waals surface area (Å²) < 4.78 is 4.47. The molecular formula is C30H22N4. The summed E-state index contributed by atoms with van der Waals surface area (Å²) in [6.45, 7) is 2.19. The molecule has 0 aliphatic carbocycles. The third kappa shape index (κ3) is 2.66. The maximum atomic E-state index is 4.59. The number of rotatable bonds is 3. The van der Waals surface area contributed by atoms with E-state index in [0.717, 1.165) is 34.5 Å². The van der Waals surface area contributed by atoms with Crippen LogP contribution in [0.25, 0.3) is 55.3 Å². The highest BCUT2D eigenvalue weighted by molar-refractivity contribution is 6.09. The Labute approximate surface area is 196 Å². The zero-order chi connectivity index (χ0) is 22.6. The van der Waals surface area contributed by atoms with Gasteiger partial charge in [0.25, 0.3) is 0 Å². The fourth-order valence-electron chi connectivity index (χ4n) is 5.22. The highest BCUT2D eigenvalue weighted by Gasteiger charge is 2.15. The van der Waals surface area contributed by atoms with E-state index in [1.54, 1.807) is 0 Å². The summed E-state index contributed by atoms with van der Waals surface area (Å²) >= 11 is 0. The van der Waals surface area contributed by atoms with Gasteiger partial charge in [0.15, 0.2) is 11.5 Å². The average molecular weight is 439 g/mol. The van der Waals surface area contributed by atoms with Crippen LogP contribution in [0.1, 0.15) is 12.5 Å². The van der Waals surface area contributed by atoms with Gasteiger partial charge < -0.3 is 4.57 Å². The number of pyridine rings is 1. The standard InChI is InChI=1S/C30H22N4/c1-2-20-19-33-29(31-32-30(33)26-12-4-3-9-23(20)26)21-15-17-22(18-16-21)34-27-13-7-5-10-24(27)25-11-6-8-14-28(25)34/h3-19H,2H2,1H3. The third-order valence-corrected chi connectivity index (χ3v) is 6.84. The Morgan fingerprint density at radius 1 is 0.618 bits per heavy atom. The van der Waals surface area contributed by atoms with Crippen LogP contribution in [-0.4, -0.2) is 19.2 Å².